The van der Waals surface area contributed by atoms with Crippen molar-refractivity contribution in [1.29, 1.82) is 0 Å². The number of carbonyl (C=O) groups is 1. The van der Waals surface area contributed by atoms with E-state index in [1.165, 1.54) is 6.20 Å². The standard InChI is InChI=1S/C10H13N3O3S/c11-9-2-1-8(5-12-9)13-10(14)7-3-4-17(15,16)6-7/h1-2,5,7H,3-4,6H2,(H2,11,12)(H,13,14). The van der Waals surface area contributed by atoms with Crippen molar-refractivity contribution in [2.45, 2.75) is 6.42 Å². The Hall–Kier alpha value is -1.63. The fourth-order valence-corrected chi connectivity index (χ4v) is 3.47. The number of anilines is 2. The van der Waals surface area contributed by atoms with Gasteiger partial charge in [0, 0.05) is 0 Å². The van der Waals surface area contributed by atoms with Gasteiger partial charge in [0.2, 0.25) is 5.91 Å². The highest BCUT2D eigenvalue weighted by atomic mass is 32.2. The Morgan fingerprint density at radius 2 is 2.24 bits per heavy atom. The van der Waals surface area contributed by atoms with E-state index >= 15 is 0 Å². The molecule has 0 aromatic carbocycles. The summed E-state index contributed by atoms with van der Waals surface area (Å²) in [6.45, 7) is 0. The predicted octanol–water partition coefficient (Wildman–Crippen LogP) is 0.0370. The number of nitrogens with zero attached hydrogens (tertiary/aromatic N) is 1. The molecule has 1 fully saturated rings. The van der Waals surface area contributed by atoms with Crippen LogP contribution in [-0.4, -0.2) is 30.8 Å². The SMILES string of the molecule is Nc1ccc(NC(=O)C2CCS(=O)(=O)C2)cn1. The first-order valence-electron chi connectivity index (χ1n) is 5.19. The topological polar surface area (TPSA) is 102 Å². The van der Waals surface area contributed by atoms with Gasteiger partial charge in [-0.2, -0.15) is 0 Å². The molecule has 1 amide bonds. The molecule has 7 heteroatoms. The van der Waals surface area contributed by atoms with Gasteiger partial charge in [-0.25, -0.2) is 13.4 Å². The Balaban J connectivity index is 2.01. The second-order valence-corrected chi connectivity index (χ2v) is 6.29. The summed E-state index contributed by atoms with van der Waals surface area (Å²) in [6, 6.07) is 3.20. The maximum Gasteiger partial charge on any atom is 0.228 e. The highest BCUT2D eigenvalue weighted by molar-refractivity contribution is 7.91. The number of nitrogens with one attached hydrogen (secondary N) is 1. The molecule has 0 saturated carbocycles. The molecule has 17 heavy (non-hydrogen) atoms. The van der Waals surface area contributed by atoms with E-state index in [0.717, 1.165) is 0 Å². The second-order valence-electron chi connectivity index (χ2n) is 4.06. The molecular formula is C10H13N3O3S. The third-order valence-corrected chi connectivity index (χ3v) is 4.43. The number of amides is 1. The van der Waals surface area contributed by atoms with E-state index in [1.54, 1.807) is 12.1 Å². The van der Waals surface area contributed by atoms with Crippen LogP contribution < -0.4 is 11.1 Å². The summed E-state index contributed by atoms with van der Waals surface area (Å²) < 4.78 is 22.5. The smallest absolute Gasteiger partial charge is 0.228 e. The molecule has 3 N–H and O–H groups in total. The highest BCUT2D eigenvalue weighted by Crippen LogP contribution is 2.20. The fraction of sp³-hybridized carbons (Fsp3) is 0.400. The van der Waals surface area contributed by atoms with Crippen LogP contribution >= 0.6 is 0 Å². The van der Waals surface area contributed by atoms with Gasteiger partial charge >= 0.3 is 0 Å². The Kier molecular flexibility index (Phi) is 3.01. The molecule has 0 bridgehead atoms. The lowest BCUT2D eigenvalue weighted by atomic mass is 10.1. The van der Waals surface area contributed by atoms with Crippen molar-refractivity contribution in [2.24, 2.45) is 5.92 Å². The van der Waals surface area contributed by atoms with Gasteiger partial charge in [0.05, 0.1) is 29.3 Å². The zero-order chi connectivity index (χ0) is 12.5. The molecule has 1 unspecified atom stereocenters. The highest BCUT2D eigenvalue weighted by Gasteiger charge is 2.32. The van der Waals surface area contributed by atoms with E-state index in [0.29, 0.717) is 17.9 Å². The molecule has 1 aromatic heterocycles. The Bertz CT molecular complexity index is 524. The van der Waals surface area contributed by atoms with Gasteiger partial charge in [0.1, 0.15) is 5.82 Å². The first-order valence-corrected chi connectivity index (χ1v) is 7.01. The maximum absolute atomic E-state index is 11.8. The van der Waals surface area contributed by atoms with E-state index in [4.69, 9.17) is 5.73 Å². The number of sulfone groups is 1. The van der Waals surface area contributed by atoms with E-state index < -0.39 is 15.8 Å². The summed E-state index contributed by atoms with van der Waals surface area (Å²) >= 11 is 0. The normalized spacial score (nSPS) is 22.2. The molecule has 6 nitrogen and oxygen atoms in total. The molecular weight excluding hydrogens is 242 g/mol. The summed E-state index contributed by atoms with van der Waals surface area (Å²) in [4.78, 5) is 15.6. The summed E-state index contributed by atoms with van der Waals surface area (Å²) in [6.07, 6.45) is 1.83. The van der Waals surface area contributed by atoms with Crippen molar-refractivity contribution in [2.75, 3.05) is 22.6 Å². The predicted molar refractivity (Wildman–Crippen MR) is 64.0 cm³/mol. The summed E-state index contributed by atoms with van der Waals surface area (Å²) in [5.74, 6) is -0.353. The number of aromatic nitrogens is 1. The zero-order valence-electron chi connectivity index (χ0n) is 9.09. The van der Waals surface area contributed by atoms with Gasteiger partial charge in [-0.1, -0.05) is 0 Å². The molecule has 1 saturated heterocycles. The quantitative estimate of drug-likeness (QED) is 0.776. The van der Waals surface area contributed by atoms with E-state index in [1.807, 2.05) is 0 Å². The maximum atomic E-state index is 11.8. The van der Waals surface area contributed by atoms with Crippen molar-refractivity contribution in [3.8, 4) is 0 Å². The number of carbonyl (C=O) groups excluding carboxylic acids is 1. The van der Waals surface area contributed by atoms with Gasteiger partial charge < -0.3 is 11.1 Å². The van der Waals surface area contributed by atoms with Gasteiger partial charge in [-0.15, -0.1) is 0 Å². The molecule has 0 spiro atoms. The largest absolute Gasteiger partial charge is 0.384 e. The molecule has 92 valence electrons. The molecule has 1 aliphatic rings. The van der Waals surface area contributed by atoms with Gasteiger partial charge in [-0.05, 0) is 18.6 Å². The van der Waals surface area contributed by atoms with E-state index in [9.17, 15) is 13.2 Å². The van der Waals surface area contributed by atoms with Gasteiger partial charge in [-0.3, -0.25) is 4.79 Å². The van der Waals surface area contributed by atoms with E-state index in [2.05, 4.69) is 10.3 Å². The molecule has 2 rings (SSSR count). The Morgan fingerprint density at radius 1 is 1.47 bits per heavy atom. The summed E-state index contributed by atoms with van der Waals surface area (Å²) in [5.41, 5.74) is 5.93. The fourth-order valence-electron chi connectivity index (χ4n) is 1.73. The third-order valence-electron chi connectivity index (χ3n) is 2.66. The van der Waals surface area contributed by atoms with Crippen LogP contribution in [0.3, 0.4) is 0 Å². The van der Waals surface area contributed by atoms with Gasteiger partial charge in [0.25, 0.3) is 0 Å². The van der Waals surface area contributed by atoms with Crippen molar-refractivity contribution >= 4 is 27.2 Å². The van der Waals surface area contributed by atoms with Crippen molar-refractivity contribution in [3.63, 3.8) is 0 Å². The number of nitrogen functional groups attached to an aromatic ring is 1. The van der Waals surface area contributed by atoms with Crippen LogP contribution in [0.5, 0.6) is 0 Å². The average molecular weight is 255 g/mol. The third kappa shape index (κ3) is 2.94. The average Bonchev–Trinajstić information content (AvgIpc) is 2.62. The number of rotatable bonds is 2. The van der Waals surface area contributed by atoms with Crippen LogP contribution in [0.4, 0.5) is 11.5 Å². The lowest BCUT2D eigenvalue weighted by Gasteiger charge is -2.08. The lowest BCUT2D eigenvalue weighted by molar-refractivity contribution is -0.119. The van der Waals surface area contributed by atoms with Crippen LogP contribution in [0.1, 0.15) is 6.42 Å². The molecule has 2 heterocycles. The summed E-state index contributed by atoms with van der Waals surface area (Å²) in [7, 11) is -3.04. The van der Waals surface area contributed by atoms with Crippen molar-refractivity contribution in [3.05, 3.63) is 18.3 Å². The molecule has 1 atom stereocenters. The van der Waals surface area contributed by atoms with Crippen LogP contribution in [-0.2, 0) is 14.6 Å². The molecule has 1 aliphatic heterocycles. The first-order chi connectivity index (χ1) is 7.96. The zero-order valence-corrected chi connectivity index (χ0v) is 9.90. The second kappa shape index (κ2) is 4.33. The van der Waals surface area contributed by atoms with E-state index in [-0.39, 0.29) is 17.4 Å². The minimum absolute atomic E-state index is 0.0682. The molecule has 1 aromatic rings. The van der Waals surface area contributed by atoms with Crippen molar-refractivity contribution in [1.82, 2.24) is 4.98 Å². The minimum atomic E-state index is -3.04. The molecule has 0 radical (unpaired) electrons. The number of nitrogens with two attached hydrogens (primary N) is 1. The minimum Gasteiger partial charge on any atom is -0.384 e. The summed E-state index contributed by atoms with van der Waals surface area (Å²) in [5, 5.41) is 2.63. The van der Waals surface area contributed by atoms with Crippen LogP contribution in [0.2, 0.25) is 0 Å². The van der Waals surface area contributed by atoms with Gasteiger partial charge in [0.15, 0.2) is 9.84 Å². The monoisotopic (exact) mass is 255 g/mol. The van der Waals surface area contributed by atoms with Crippen LogP contribution in [0.25, 0.3) is 0 Å². The van der Waals surface area contributed by atoms with Crippen LogP contribution in [0, 0.1) is 5.92 Å². The van der Waals surface area contributed by atoms with Crippen molar-refractivity contribution < 1.29 is 13.2 Å². The van der Waals surface area contributed by atoms with Crippen LogP contribution in [0.15, 0.2) is 18.3 Å². The first kappa shape index (κ1) is 11.8. The lowest BCUT2D eigenvalue weighted by Crippen LogP contribution is -2.23. The molecule has 0 aliphatic carbocycles. The number of hydrogen-bond donors (Lipinski definition) is 2. The Labute approximate surface area is 99.1 Å². The number of hydrogen-bond acceptors (Lipinski definition) is 5. The Morgan fingerprint density at radius 3 is 2.76 bits per heavy atom. The number of pyridine rings is 1.